The highest BCUT2D eigenvalue weighted by molar-refractivity contribution is 5.98. The molecule has 0 aromatic heterocycles. The zero-order valence-electron chi connectivity index (χ0n) is 21.2. The summed E-state index contributed by atoms with van der Waals surface area (Å²) in [6, 6.07) is 7.39. The third-order valence-corrected chi connectivity index (χ3v) is 7.96. The number of nitrogens with zero attached hydrogens (tertiary/aromatic N) is 2. The number of carbonyl (C=O) groups is 3. The van der Waals surface area contributed by atoms with Gasteiger partial charge in [0, 0.05) is 45.5 Å². The maximum atomic E-state index is 13.2. The quantitative estimate of drug-likeness (QED) is 0.608. The summed E-state index contributed by atoms with van der Waals surface area (Å²) in [4.78, 5) is 43.0. The molecule has 3 aliphatic rings. The Morgan fingerprint density at radius 2 is 1.83 bits per heavy atom. The molecular formula is C28H43N3O4. The molecule has 2 saturated heterocycles. The zero-order valence-corrected chi connectivity index (χ0v) is 21.2. The van der Waals surface area contributed by atoms with Crippen LogP contribution in [0.4, 0.5) is 0 Å². The second-order valence-electron chi connectivity index (χ2n) is 10.4. The maximum Gasteiger partial charge on any atom is 0.251 e. The van der Waals surface area contributed by atoms with Crippen LogP contribution in [0.5, 0.6) is 0 Å². The van der Waals surface area contributed by atoms with E-state index in [4.69, 9.17) is 4.74 Å². The number of hydrogen-bond donors (Lipinski definition) is 1. The minimum Gasteiger partial charge on any atom is -0.379 e. The fourth-order valence-electron chi connectivity index (χ4n) is 5.83. The average Bonchev–Trinajstić information content (AvgIpc) is 2.92. The third-order valence-electron chi connectivity index (χ3n) is 7.96. The van der Waals surface area contributed by atoms with Gasteiger partial charge in [-0.2, -0.15) is 0 Å². The van der Waals surface area contributed by atoms with Gasteiger partial charge in [-0.3, -0.25) is 19.3 Å². The fourth-order valence-corrected chi connectivity index (χ4v) is 5.83. The van der Waals surface area contributed by atoms with Gasteiger partial charge >= 0.3 is 0 Å². The molecule has 7 heteroatoms. The van der Waals surface area contributed by atoms with E-state index >= 15 is 0 Å². The van der Waals surface area contributed by atoms with Crippen LogP contribution < -0.4 is 5.32 Å². The van der Waals surface area contributed by atoms with Crippen LogP contribution in [-0.4, -0.2) is 79.4 Å². The number of nitrogens with one attached hydrogen (secondary N) is 1. The molecule has 2 atom stereocenters. The number of carbonyl (C=O) groups excluding carboxylic acids is 3. The summed E-state index contributed by atoms with van der Waals surface area (Å²) in [7, 11) is 0. The number of morpholine rings is 1. The van der Waals surface area contributed by atoms with Gasteiger partial charge < -0.3 is 15.0 Å². The largest absolute Gasteiger partial charge is 0.379 e. The van der Waals surface area contributed by atoms with Crippen molar-refractivity contribution >= 4 is 17.6 Å². The van der Waals surface area contributed by atoms with E-state index in [0.29, 0.717) is 38.3 Å². The highest BCUT2D eigenvalue weighted by Crippen LogP contribution is 2.29. The molecule has 1 unspecified atom stereocenters. The van der Waals surface area contributed by atoms with Gasteiger partial charge in [-0.25, -0.2) is 0 Å². The Balaban J connectivity index is 0.00000361. The van der Waals surface area contributed by atoms with Crippen LogP contribution in [0.1, 0.15) is 81.6 Å². The molecule has 194 valence electrons. The number of benzene rings is 1. The lowest BCUT2D eigenvalue weighted by atomic mass is 9.81. The van der Waals surface area contributed by atoms with Gasteiger partial charge in [0.2, 0.25) is 5.91 Å². The lowest BCUT2D eigenvalue weighted by Crippen LogP contribution is -2.47. The first-order chi connectivity index (χ1) is 17.0. The Morgan fingerprint density at radius 1 is 1.06 bits per heavy atom. The molecule has 2 amide bonds. The van der Waals surface area contributed by atoms with Gasteiger partial charge in [-0.15, -0.1) is 0 Å². The van der Waals surface area contributed by atoms with E-state index < -0.39 is 0 Å². The molecule has 3 fully saturated rings. The fraction of sp³-hybridized carbons (Fsp3) is 0.679. The highest BCUT2D eigenvalue weighted by Gasteiger charge is 2.31. The van der Waals surface area contributed by atoms with Crippen LogP contribution in [0.15, 0.2) is 24.3 Å². The van der Waals surface area contributed by atoms with Crippen molar-refractivity contribution in [2.75, 3.05) is 45.9 Å². The standard InChI is InChI=1S/C28H41N3O4.H2/c1-2-25(32)27(21-8-4-3-5-9-21)29-28(34)23-11-6-10-22(18-23)24-12-7-13-31(19-24)26(33)20-30-14-16-35-17-15-30;/h6,10-11,18,21,24,27H,2-5,7-9,12-17,19-20H2,1H3,(H,29,34);1H/t24?,27-;/m1./s1. The molecule has 1 aliphatic carbocycles. The minimum absolute atomic E-state index is 0. The molecule has 0 bridgehead atoms. The molecule has 2 heterocycles. The number of piperidine rings is 1. The molecule has 1 saturated carbocycles. The van der Waals surface area contributed by atoms with E-state index in [1.54, 1.807) is 0 Å². The molecule has 35 heavy (non-hydrogen) atoms. The first-order valence-corrected chi connectivity index (χ1v) is 13.6. The zero-order chi connectivity index (χ0) is 24.6. The van der Waals surface area contributed by atoms with Crippen LogP contribution in [0.25, 0.3) is 0 Å². The molecule has 0 radical (unpaired) electrons. The number of Topliss-reactive ketones (excluding diaryl/α,β-unsaturated/α-hetero) is 1. The molecular weight excluding hydrogens is 442 g/mol. The monoisotopic (exact) mass is 485 g/mol. The van der Waals surface area contributed by atoms with Crippen LogP contribution >= 0.6 is 0 Å². The van der Waals surface area contributed by atoms with Crippen LogP contribution in [0, 0.1) is 5.92 Å². The predicted molar refractivity (Wildman–Crippen MR) is 137 cm³/mol. The van der Waals surface area contributed by atoms with Crippen molar-refractivity contribution < 1.29 is 20.5 Å². The van der Waals surface area contributed by atoms with E-state index in [1.807, 2.05) is 30.0 Å². The van der Waals surface area contributed by atoms with E-state index in [2.05, 4.69) is 16.3 Å². The predicted octanol–water partition coefficient (Wildman–Crippen LogP) is 3.63. The van der Waals surface area contributed by atoms with Crippen molar-refractivity contribution in [3.05, 3.63) is 35.4 Å². The van der Waals surface area contributed by atoms with Crippen molar-refractivity contribution in [1.82, 2.24) is 15.1 Å². The van der Waals surface area contributed by atoms with Crippen LogP contribution in [-0.2, 0) is 14.3 Å². The Bertz CT molecular complexity index is 883. The van der Waals surface area contributed by atoms with Crippen LogP contribution in [0.3, 0.4) is 0 Å². The average molecular weight is 486 g/mol. The first kappa shape index (κ1) is 25.8. The number of rotatable bonds is 8. The van der Waals surface area contributed by atoms with Crippen molar-refractivity contribution in [2.24, 2.45) is 5.92 Å². The van der Waals surface area contributed by atoms with Gasteiger partial charge in [0.15, 0.2) is 5.78 Å². The number of ether oxygens (including phenoxy) is 1. The molecule has 4 rings (SSSR count). The lowest BCUT2D eigenvalue weighted by molar-refractivity contribution is -0.134. The molecule has 2 aliphatic heterocycles. The topological polar surface area (TPSA) is 79.0 Å². The highest BCUT2D eigenvalue weighted by atomic mass is 16.5. The smallest absolute Gasteiger partial charge is 0.251 e. The van der Waals surface area contributed by atoms with Crippen molar-refractivity contribution in [2.45, 2.75) is 70.3 Å². The van der Waals surface area contributed by atoms with Crippen LogP contribution in [0.2, 0.25) is 0 Å². The van der Waals surface area contributed by atoms with Gasteiger partial charge in [0.25, 0.3) is 5.91 Å². The SMILES string of the molecule is CCC(=O)[C@H](NC(=O)c1cccc(C2CCCN(C(=O)CN3CCOCC3)C2)c1)C1CCCCC1.[HH]. The third kappa shape index (κ3) is 6.91. The van der Waals surface area contributed by atoms with Gasteiger partial charge in [-0.05, 0) is 49.3 Å². The molecule has 0 spiro atoms. The second kappa shape index (κ2) is 12.6. The number of likely N-dealkylation sites (tertiary alicyclic amines) is 1. The summed E-state index contributed by atoms with van der Waals surface area (Å²) in [5.74, 6) is 0.603. The summed E-state index contributed by atoms with van der Waals surface area (Å²) in [5, 5.41) is 3.09. The Hall–Kier alpha value is -2.25. The normalized spacial score (nSPS) is 23.0. The summed E-state index contributed by atoms with van der Waals surface area (Å²) in [5.41, 5.74) is 1.70. The first-order valence-electron chi connectivity index (χ1n) is 13.6. The summed E-state index contributed by atoms with van der Waals surface area (Å²) in [6.07, 6.45) is 7.90. The number of hydrogen-bond acceptors (Lipinski definition) is 5. The Kier molecular flexibility index (Phi) is 9.32. The summed E-state index contributed by atoms with van der Waals surface area (Å²) in [6.45, 7) is 6.81. The second-order valence-corrected chi connectivity index (χ2v) is 10.4. The van der Waals surface area contributed by atoms with E-state index in [9.17, 15) is 14.4 Å². The minimum atomic E-state index is -0.389. The Labute approximate surface area is 211 Å². The lowest BCUT2D eigenvalue weighted by Gasteiger charge is -2.35. The Morgan fingerprint density at radius 3 is 2.57 bits per heavy atom. The van der Waals surface area contributed by atoms with E-state index in [1.165, 1.54) is 6.42 Å². The van der Waals surface area contributed by atoms with Crippen molar-refractivity contribution in [3.8, 4) is 0 Å². The van der Waals surface area contributed by atoms with Gasteiger partial charge in [0.1, 0.15) is 0 Å². The number of amides is 2. The molecule has 7 nitrogen and oxygen atoms in total. The van der Waals surface area contributed by atoms with E-state index in [-0.39, 0.29) is 36.9 Å². The molecule has 1 aromatic rings. The van der Waals surface area contributed by atoms with Gasteiger partial charge in [-0.1, -0.05) is 38.3 Å². The molecule has 1 aromatic carbocycles. The van der Waals surface area contributed by atoms with Crippen molar-refractivity contribution in [1.29, 1.82) is 0 Å². The summed E-state index contributed by atoms with van der Waals surface area (Å²) >= 11 is 0. The maximum absolute atomic E-state index is 13.2. The number of ketones is 1. The van der Waals surface area contributed by atoms with Crippen molar-refractivity contribution in [3.63, 3.8) is 0 Å². The van der Waals surface area contributed by atoms with Gasteiger partial charge in [0.05, 0.1) is 25.8 Å². The molecule has 1 N–H and O–H groups in total. The van der Waals surface area contributed by atoms with E-state index in [0.717, 1.165) is 63.7 Å². The summed E-state index contributed by atoms with van der Waals surface area (Å²) < 4.78 is 5.39.